The number of aryl methyl sites for hydroxylation is 1. The van der Waals surface area contributed by atoms with E-state index < -0.39 is 0 Å². The van der Waals surface area contributed by atoms with E-state index in [0.29, 0.717) is 5.84 Å². The van der Waals surface area contributed by atoms with E-state index in [0.717, 1.165) is 52.6 Å². The summed E-state index contributed by atoms with van der Waals surface area (Å²) in [5.41, 5.74) is 7.42. The van der Waals surface area contributed by atoms with Crippen LogP contribution in [0.2, 0.25) is 0 Å². The van der Waals surface area contributed by atoms with Crippen LogP contribution in [0.3, 0.4) is 0 Å². The van der Waals surface area contributed by atoms with Crippen molar-refractivity contribution in [2.45, 2.75) is 33.1 Å². The van der Waals surface area contributed by atoms with Crippen molar-refractivity contribution < 1.29 is 0 Å². The first-order chi connectivity index (χ1) is 22.6. The van der Waals surface area contributed by atoms with Crippen molar-refractivity contribution in [1.82, 2.24) is 4.98 Å². The molecule has 46 heavy (non-hydrogen) atoms. The molecule has 7 rings (SSSR count). The Hall–Kier alpha value is -5.48. The molecule has 1 heterocycles. The van der Waals surface area contributed by atoms with Gasteiger partial charge in [0.15, 0.2) is 0 Å². The summed E-state index contributed by atoms with van der Waals surface area (Å²) in [6.45, 7) is 3.88. The third kappa shape index (κ3) is 5.82. The lowest BCUT2D eigenvalue weighted by atomic mass is 9.88. The average molecular weight is 597 g/mol. The lowest BCUT2D eigenvalue weighted by Gasteiger charge is -2.20. The first-order valence-electron chi connectivity index (χ1n) is 16.0. The summed E-state index contributed by atoms with van der Waals surface area (Å²) >= 11 is 0. The molecule has 1 aromatic heterocycles. The molecule has 4 nitrogen and oxygen atoms in total. The molecule has 5 aromatic rings. The first-order valence-corrected chi connectivity index (χ1v) is 16.0. The molecule has 0 bridgehead atoms. The zero-order chi connectivity index (χ0) is 31.5. The summed E-state index contributed by atoms with van der Waals surface area (Å²) < 4.78 is 0. The summed E-state index contributed by atoms with van der Waals surface area (Å²) in [6.07, 6.45) is 21.6. The predicted octanol–water partition coefficient (Wildman–Crippen LogP) is 10.5. The van der Waals surface area contributed by atoms with Gasteiger partial charge in [-0.25, -0.2) is 15.0 Å². The number of hydrogen-bond donors (Lipinski definition) is 1. The quantitative estimate of drug-likeness (QED) is 0.0933. The van der Waals surface area contributed by atoms with Crippen LogP contribution in [-0.4, -0.2) is 22.9 Å². The van der Waals surface area contributed by atoms with Gasteiger partial charge < -0.3 is 0 Å². The van der Waals surface area contributed by atoms with Crippen LogP contribution in [0.1, 0.15) is 49.1 Å². The molecule has 0 spiro atoms. The molecule has 0 fully saturated rings. The predicted molar refractivity (Wildman–Crippen MR) is 197 cm³/mol. The lowest BCUT2D eigenvalue weighted by molar-refractivity contribution is 0.863. The van der Waals surface area contributed by atoms with Crippen molar-refractivity contribution >= 4 is 62.0 Å². The van der Waals surface area contributed by atoms with Crippen molar-refractivity contribution in [3.63, 3.8) is 0 Å². The highest BCUT2D eigenvalue weighted by atomic mass is 15.0. The second-order valence-corrected chi connectivity index (χ2v) is 11.9. The minimum absolute atomic E-state index is 0.116. The number of fused-ring (bicyclic) bond motifs is 6. The van der Waals surface area contributed by atoms with Gasteiger partial charge in [0.05, 0.1) is 11.2 Å². The van der Waals surface area contributed by atoms with Gasteiger partial charge in [0.1, 0.15) is 11.7 Å². The van der Waals surface area contributed by atoms with Crippen molar-refractivity contribution in [2.75, 3.05) is 0 Å². The number of rotatable bonds is 5. The smallest absolute Gasteiger partial charge is 0.149 e. The molecule has 0 saturated carbocycles. The Labute approximate surface area is 270 Å². The molecule has 1 unspecified atom stereocenters. The van der Waals surface area contributed by atoms with Gasteiger partial charge in [-0.05, 0) is 83.9 Å². The van der Waals surface area contributed by atoms with Gasteiger partial charge in [0.25, 0.3) is 0 Å². The maximum Gasteiger partial charge on any atom is 0.149 e. The molecule has 0 aliphatic heterocycles. The summed E-state index contributed by atoms with van der Waals surface area (Å²) in [5, 5.41) is 14.8. The zero-order valence-electron chi connectivity index (χ0n) is 26.2. The van der Waals surface area contributed by atoms with E-state index >= 15 is 0 Å². The van der Waals surface area contributed by atoms with Gasteiger partial charge in [0.2, 0.25) is 0 Å². The van der Waals surface area contributed by atoms with Crippen molar-refractivity contribution in [2.24, 2.45) is 15.9 Å². The number of nitrogens with zero attached hydrogens (tertiary/aromatic N) is 3. The van der Waals surface area contributed by atoms with E-state index in [1.807, 2.05) is 68.6 Å². The Kier molecular flexibility index (Phi) is 8.18. The van der Waals surface area contributed by atoms with E-state index in [1.54, 1.807) is 0 Å². The van der Waals surface area contributed by atoms with Crippen LogP contribution >= 0.6 is 0 Å². The number of nitrogens with one attached hydrogen (secondary N) is 1. The van der Waals surface area contributed by atoms with E-state index in [4.69, 9.17) is 20.4 Å². The minimum atomic E-state index is -0.116. The molecule has 0 amide bonds. The highest BCUT2D eigenvalue weighted by Crippen LogP contribution is 2.39. The van der Waals surface area contributed by atoms with Gasteiger partial charge in [-0.1, -0.05) is 115 Å². The van der Waals surface area contributed by atoms with Crippen molar-refractivity contribution in [1.29, 1.82) is 5.41 Å². The average Bonchev–Trinajstić information content (AvgIpc) is 3.11. The molecular formula is C42H36N4. The van der Waals surface area contributed by atoms with Gasteiger partial charge in [-0.3, -0.25) is 5.41 Å². The molecule has 0 saturated heterocycles. The van der Waals surface area contributed by atoms with E-state index in [-0.39, 0.29) is 11.8 Å². The summed E-state index contributed by atoms with van der Waals surface area (Å²) in [7, 11) is 0. The molecular weight excluding hydrogens is 560 g/mol. The van der Waals surface area contributed by atoms with Crippen LogP contribution in [0, 0.1) is 11.3 Å². The van der Waals surface area contributed by atoms with Gasteiger partial charge in [0, 0.05) is 28.3 Å². The van der Waals surface area contributed by atoms with E-state index in [2.05, 4.69) is 78.9 Å². The molecule has 4 aromatic carbocycles. The number of benzene rings is 4. The summed E-state index contributed by atoms with van der Waals surface area (Å²) in [5.74, 6) is 0.703. The minimum Gasteiger partial charge on any atom is -0.283 e. The molecule has 2 aliphatic rings. The highest BCUT2D eigenvalue weighted by molar-refractivity contribution is 6.22. The molecule has 1 atom stereocenters. The van der Waals surface area contributed by atoms with E-state index in [9.17, 15) is 0 Å². The Balaban J connectivity index is 1.40. The fourth-order valence-corrected chi connectivity index (χ4v) is 6.35. The van der Waals surface area contributed by atoms with Crippen LogP contribution in [0.25, 0.3) is 44.1 Å². The Morgan fingerprint density at radius 2 is 1.76 bits per heavy atom. The summed E-state index contributed by atoms with van der Waals surface area (Å²) in [4.78, 5) is 15.0. The zero-order valence-corrected chi connectivity index (χ0v) is 26.2. The second-order valence-electron chi connectivity index (χ2n) is 11.9. The van der Waals surface area contributed by atoms with Gasteiger partial charge in [-0.2, -0.15) is 0 Å². The standard InChI is InChI=1S/C42H36N4/c1-3-4-13-28(2)41(43)46-42(44-27-29-14-6-5-7-15-29)34-20-12-19-33(24-34)40-36-23-22-30-16-10-11-21-35(30)39(36)37-25-31-17-8-9-18-32(31)26-38(37)45-40/h3-7,9-16,18-19,21-27,34,43H,8,17,20H2,1-2H3/b4-3-,28-13+,43-41?,44-27?,46-42?. The Morgan fingerprint density at radius 1 is 0.913 bits per heavy atom. The SMILES string of the molecule is C/C=C\C=C(/C)C(=N)N=C(N=Cc1ccccc1)C1C=C(c2nc3cc4c(cc3c3c2ccc2ccccc23)CCC=C4)C=CC1. The highest BCUT2D eigenvalue weighted by Gasteiger charge is 2.21. The Morgan fingerprint density at radius 3 is 2.63 bits per heavy atom. The van der Waals surface area contributed by atoms with E-state index in [1.165, 1.54) is 32.7 Å². The van der Waals surface area contributed by atoms with Crippen molar-refractivity contribution in [3.8, 4) is 0 Å². The number of hydrogen-bond acceptors (Lipinski definition) is 2. The first kappa shape index (κ1) is 29.2. The van der Waals surface area contributed by atoms with Gasteiger partial charge in [-0.15, -0.1) is 0 Å². The van der Waals surface area contributed by atoms with Crippen LogP contribution in [0.4, 0.5) is 0 Å². The molecule has 2 aliphatic carbocycles. The molecule has 4 heteroatoms. The van der Waals surface area contributed by atoms with Crippen LogP contribution in [0.5, 0.6) is 0 Å². The number of aromatic nitrogens is 1. The fourth-order valence-electron chi connectivity index (χ4n) is 6.35. The third-order valence-corrected chi connectivity index (χ3v) is 8.78. The monoisotopic (exact) mass is 596 g/mol. The lowest BCUT2D eigenvalue weighted by Crippen LogP contribution is -2.15. The van der Waals surface area contributed by atoms with Crippen molar-refractivity contribution in [3.05, 3.63) is 149 Å². The van der Waals surface area contributed by atoms with Gasteiger partial charge >= 0.3 is 0 Å². The molecule has 0 radical (unpaired) electrons. The molecule has 224 valence electrons. The second kappa shape index (κ2) is 12.9. The fraction of sp³-hybridized carbons (Fsp3) is 0.143. The Bertz CT molecular complexity index is 2210. The van der Waals surface area contributed by atoms with Crippen LogP contribution < -0.4 is 0 Å². The molecule has 1 N–H and O–H groups in total. The number of aliphatic imine (C=N–C) groups is 2. The normalized spacial score (nSPS) is 17.0. The maximum atomic E-state index is 8.75. The summed E-state index contributed by atoms with van der Waals surface area (Å²) in [6, 6.07) is 27.7. The number of amidine groups is 2. The van der Waals surface area contributed by atoms with Crippen LogP contribution in [0.15, 0.2) is 137 Å². The maximum absolute atomic E-state index is 8.75. The number of pyridine rings is 1. The topological polar surface area (TPSA) is 61.5 Å². The third-order valence-electron chi connectivity index (χ3n) is 8.78. The van der Waals surface area contributed by atoms with Crippen LogP contribution in [-0.2, 0) is 6.42 Å². The largest absolute Gasteiger partial charge is 0.283 e. The number of allylic oxidation sites excluding steroid dienone is 7.